The molecule has 0 aliphatic carbocycles. The minimum absolute atomic E-state index is 0.0586. The number of pyridine rings is 1. The number of nitrogens with one attached hydrogen (secondary N) is 1. The lowest BCUT2D eigenvalue weighted by molar-refractivity contribution is 0.557. The first-order valence-electron chi connectivity index (χ1n) is 5.19. The SMILES string of the molecule is Nc1c(F)ccc(S(=O)(=O)Nc2ccc(Cl)cn2)c1F. The van der Waals surface area contributed by atoms with Crippen molar-refractivity contribution >= 4 is 33.1 Å². The molecule has 3 N–H and O–H groups in total. The second-order valence-corrected chi connectivity index (χ2v) is 5.83. The van der Waals surface area contributed by atoms with E-state index in [0.717, 1.165) is 12.1 Å². The molecule has 1 heterocycles. The highest BCUT2D eigenvalue weighted by atomic mass is 35.5. The second kappa shape index (κ2) is 5.22. The first-order valence-corrected chi connectivity index (χ1v) is 7.05. The summed E-state index contributed by atoms with van der Waals surface area (Å²) in [6.45, 7) is 0. The molecule has 0 saturated heterocycles. The Morgan fingerprint density at radius 3 is 2.50 bits per heavy atom. The topological polar surface area (TPSA) is 85.1 Å². The van der Waals surface area contributed by atoms with Gasteiger partial charge in [-0.25, -0.2) is 22.2 Å². The van der Waals surface area contributed by atoms with E-state index >= 15 is 0 Å². The molecule has 1 aromatic heterocycles. The number of sulfonamides is 1. The second-order valence-electron chi connectivity index (χ2n) is 3.74. The fourth-order valence-electron chi connectivity index (χ4n) is 1.39. The Kier molecular flexibility index (Phi) is 3.78. The Balaban J connectivity index is 2.41. The van der Waals surface area contributed by atoms with Crippen molar-refractivity contribution in [2.24, 2.45) is 0 Å². The molecule has 0 aliphatic rings. The Labute approximate surface area is 118 Å². The van der Waals surface area contributed by atoms with Gasteiger partial charge >= 0.3 is 0 Å². The van der Waals surface area contributed by atoms with E-state index in [-0.39, 0.29) is 5.82 Å². The molecule has 1 aromatic carbocycles. The highest BCUT2D eigenvalue weighted by Crippen LogP contribution is 2.24. The molecule has 0 unspecified atom stereocenters. The van der Waals surface area contributed by atoms with Gasteiger partial charge in [0.15, 0.2) is 5.82 Å². The van der Waals surface area contributed by atoms with Gasteiger partial charge in [-0.1, -0.05) is 11.6 Å². The number of rotatable bonds is 3. The summed E-state index contributed by atoms with van der Waals surface area (Å²) in [7, 11) is -4.27. The highest BCUT2D eigenvalue weighted by Gasteiger charge is 2.23. The number of aromatic nitrogens is 1. The number of hydrogen-bond donors (Lipinski definition) is 2. The molecule has 0 spiro atoms. The average molecular weight is 320 g/mol. The third-order valence-electron chi connectivity index (χ3n) is 2.35. The molecule has 2 rings (SSSR count). The molecule has 20 heavy (non-hydrogen) atoms. The number of hydrogen-bond acceptors (Lipinski definition) is 4. The lowest BCUT2D eigenvalue weighted by Crippen LogP contribution is -2.16. The van der Waals surface area contributed by atoms with Gasteiger partial charge < -0.3 is 5.73 Å². The van der Waals surface area contributed by atoms with Crippen molar-refractivity contribution in [3.05, 3.63) is 47.1 Å². The van der Waals surface area contributed by atoms with Gasteiger partial charge in [0.05, 0.1) is 5.02 Å². The van der Waals surface area contributed by atoms with Crippen LogP contribution in [0, 0.1) is 11.6 Å². The van der Waals surface area contributed by atoms with Crippen molar-refractivity contribution in [2.75, 3.05) is 10.5 Å². The largest absolute Gasteiger partial charge is 0.394 e. The number of anilines is 2. The predicted molar refractivity (Wildman–Crippen MR) is 70.8 cm³/mol. The minimum atomic E-state index is -4.27. The maximum absolute atomic E-state index is 13.7. The monoisotopic (exact) mass is 319 g/mol. The summed E-state index contributed by atoms with van der Waals surface area (Å²) >= 11 is 5.61. The summed E-state index contributed by atoms with van der Waals surface area (Å²) < 4.78 is 52.7. The van der Waals surface area contributed by atoms with Gasteiger partial charge in [-0.2, -0.15) is 0 Å². The van der Waals surface area contributed by atoms with Crippen LogP contribution in [0.4, 0.5) is 20.3 Å². The summed E-state index contributed by atoms with van der Waals surface area (Å²) in [6.07, 6.45) is 1.22. The fraction of sp³-hybridized carbons (Fsp3) is 0. The third-order valence-corrected chi connectivity index (χ3v) is 3.94. The van der Waals surface area contributed by atoms with Gasteiger partial charge in [0.25, 0.3) is 10.0 Å². The molecular formula is C11H8ClF2N3O2S. The van der Waals surface area contributed by atoms with Crippen LogP contribution >= 0.6 is 11.6 Å². The molecule has 5 nitrogen and oxygen atoms in total. The van der Waals surface area contributed by atoms with Crippen molar-refractivity contribution in [1.82, 2.24) is 4.98 Å². The van der Waals surface area contributed by atoms with Gasteiger partial charge in [0.1, 0.15) is 22.2 Å². The number of nitrogens with two attached hydrogens (primary N) is 1. The van der Waals surface area contributed by atoms with Crippen LogP contribution in [0.1, 0.15) is 0 Å². The van der Waals surface area contributed by atoms with Gasteiger partial charge in [-0.15, -0.1) is 0 Å². The van der Waals surface area contributed by atoms with Crippen LogP contribution in [0.5, 0.6) is 0 Å². The fourth-order valence-corrected chi connectivity index (χ4v) is 2.60. The van der Waals surface area contributed by atoms with Crippen LogP contribution in [-0.2, 0) is 10.0 Å². The van der Waals surface area contributed by atoms with Crippen molar-refractivity contribution < 1.29 is 17.2 Å². The van der Waals surface area contributed by atoms with E-state index in [0.29, 0.717) is 5.02 Å². The standard InChI is InChI=1S/C11H8ClF2N3O2S/c12-6-1-4-9(16-5-6)17-20(18,19)8-3-2-7(13)11(15)10(8)14/h1-5H,15H2,(H,16,17). The van der Waals surface area contributed by atoms with Crippen LogP contribution < -0.4 is 10.5 Å². The van der Waals surface area contributed by atoms with Gasteiger partial charge in [-0.3, -0.25) is 4.72 Å². The van der Waals surface area contributed by atoms with E-state index in [1.54, 1.807) is 0 Å². The summed E-state index contributed by atoms with van der Waals surface area (Å²) in [5.74, 6) is -2.45. The quantitative estimate of drug-likeness (QED) is 0.851. The van der Waals surface area contributed by atoms with Crippen molar-refractivity contribution in [1.29, 1.82) is 0 Å². The highest BCUT2D eigenvalue weighted by molar-refractivity contribution is 7.92. The summed E-state index contributed by atoms with van der Waals surface area (Å²) in [6, 6.07) is 4.24. The maximum Gasteiger partial charge on any atom is 0.266 e. The number of halogens is 3. The van der Waals surface area contributed by atoms with E-state index in [9.17, 15) is 17.2 Å². The van der Waals surface area contributed by atoms with Crippen LogP contribution in [0.25, 0.3) is 0 Å². The van der Waals surface area contributed by atoms with E-state index < -0.39 is 32.2 Å². The van der Waals surface area contributed by atoms with Crippen molar-refractivity contribution in [2.45, 2.75) is 4.90 Å². The average Bonchev–Trinajstić information content (AvgIpc) is 2.38. The zero-order valence-corrected chi connectivity index (χ0v) is 11.3. The summed E-state index contributed by atoms with van der Waals surface area (Å²) in [5.41, 5.74) is 4.25. The smallest absolute Gasteiger partial charge is 0.266 e. The van der Waals surface area contributed by atoms with Crippen molar-refractivity contribution in [3.8, 4) is 0 Å². The molecule has 0 fully saturated rings. The lowest BCUT2D eigenvalue weighted by atomic mass is 10.3. The van der Waals surface area contributed by atoms with Crippen LogP contribution in [0.15, 0.2) is 35.4 Å². The summed E-state index contributed by atoms with van der Waals surface area (Å²) in [4.78, 5) is 2.94. The molecule has 0 saturated carbocycles. The zero-order valence-electron chi connectivity index (χ0n) is 9.77. The number of nitrogen functional groups attached to an aromatic ring is 1. The predicted octanol–water partition coefficient (Wildman–Crippen LogP) is 2.40. The van der Waals surface area contributed by atoms with E-state index in [2.05, 4.69) is 4.98 Å². The molecule has 9 heteroatoms. The molecule has 0 atom stereocenters. The van der Waals surface area contributed by atoms with Crippen molar-refractivity contribution in [3.63, 3.8) is 0 Å². The van der Waals surface area contributed by atoms with Gasteiger partial charge in [0, 0.05) is 6.20 Å². The van der Waals surface area contributed by atoms with E-state index in [4.69, 9.17) is 17.3 Å². The first kappa shape index (κ1) is 14.5. The summed E-state index contributed by atoms with van der Waals surface area (Å²) in [5, 5.41) is 0.310. The molecule has 2 aromatic rings. The van der Waals surface area contributed by atoms with Crippen LogP contribution in [-0.4, -0.2) is 13.4 Å². The Hall–Kier alpha value is -1.93. The molecule has 0 radical (unpaired) electrons. The number of nitrogens with zero attached hydrogens (tertiary/aromatic N) is 1. The Bertz CT molecular complexity index is 751. The molecule has 0 aliphatic heterocycles. The minimum Gasteiger partial charge on any atom is -0.394 e. The first-order chi connectivity index (χ1) is 9.31. The van der Waals surface area contributed by atoms with Crippen LogP contribution in [0.3, 0.4) is 0 Å². The molecular weight excluding hydrogens is 312 g/mol. The van der Waals surface area contributed by atoms with E-state index in [1.165, 1.54) is 18.3 Å². The maximum atomic E-state index is 13.7. The molecule has 106 valence electrons. The van der Waals surface area contributed by atoms with Gasteiger partial charge in [0.2, 0.25) is 0 Å². The van der Waals surface area contributed by atoms with E-state index in [1.807, 2.05) is 4.72 Å². The third kappa shape index (κ3) is 2.81. The van der Waals surface area contributed by atoms with Crippen LogP contribution in [0.2, 0.25) is 5.02 Å². The lowest BCUT2D eigenvalue weighted by Gasteiger charge is -2.09. The Morgan fingerprint density at radius 2 is 1.90 bits per heavy atom. The molecule has 0 bridgehead atoms. The zero-order chi connectivity index (χ0) is 14.9. The normalized spacial score (nSPS) is 11.3. The van der Waals surface area contributed by atoms with Gasteiger partial charge in [-0.05, 0) is 24.3 Å². The Morgan fingerprint density at radius 1 is 1.20 bits per heavy atom. The molecule has 0 amide bonds. The number of benzene rings is 1.